The van der Waals surface area contributed by atoms with Crippen LogP contribution >= 0.6 is 0 Å². The van der Waals surface area contributed by atoms with Gasteiger partial charge in [-0.1, -0.05) is 19.1 Å². The highest BCUT2D eigenvalue weighted by Crippen LogP contribution is 2.42. The number of amides is 2. The number of anilines is 1. The summed E-state index contributed by atoms with van der Waals surface area (Å²) in [6.07, 6.45) is 0.847. The van der Waals surface area contributed by atoms with Crippen LogP contribution in [0.15, 0.2) is 36.4 Å². The first-order valence-electron chi connectivity index (χ1n) is 11.8. The van der Waals surface area contributed by atoms with Gasteiger partial charge in [0.05, 0.1) is 19.4 Å². The van der Waals surface area contributed by atoms with E-state index in [1.54, 1.807) is 24.9 Å². The average Bonchev–Trinajstić information content (AvgIpc) is 3.12. The van der Waals surface area contributed by atoms with Crippen molar-refractivity contribution >= 4 is 17.6 Å². The largest absolute Gasteiger partial charge is 0.493 e. The minimum absolute atomic E-state index is 0.297. The van der Waals surface area contributed by atoms with Gasteiger partial charge in [-0.25, -0.2) is 0 Å². The van der Waals surface area contributed by atoms with Crippen molar-refractivity contribution in [3.8, 4) is 11.5 Å². The second kappa shape index (κ2) is 9.82. The lowest BCUT2D eigenvalue weighted by molar-refractivity contribution is -0.118. The number of ether oxygens (including phenoxy) is 2. The van der Waals surface area contributed by atoms with Crippen molar-refractivity contribution in [3.05, 3.63) is 69.9 Å². The molecule has 0 aliphatic carbocycles. The summed E-state index contributed by atoms with van der Waals surface area (Å²) in [6.45, 7) is 8.43. The van der Waals surface area contributed by atoms with Crippen molar-refractivity contribution in [1.82, 2.24) is 15.1 Å². The Hall–Kier alpha value is -3.81. The lowest BCUT2D eigenvalue weighted by Gasteiger charge is -2.33. The number of methoxy groups -OCH3 is 1. The molecule has 2 aromatic carbocycles. The Morgan fingerprint density at radius 2 is 1.89 bits per heavy atom. The Bertz CT molecular complexity index is 1280. The van der Waals surface area contributed by atoms with Crippen molar-refractivity contribution in [3.63, 3.8) is 0 Å². The molecule has 4 rings (SSSR count). The summed E-state index contributed by atoms with van der Waals surface area (Å²) in [7, 11) is 3.39. The van der Waals surface area contributed by atoms with Gasteiger partial charge in [0.15, 0.2) is 11.5 Å². The zero-order valence-electron chi connectivity index (χ0n) is 21.1. The van der Waals surface area contributed by atoms with Crippen LogP contribution in [0, 0.1) is 20.8 Å². The van der Waals surface area contributed by atoms with E-state index in [1.807, 2.05) is 58.0 Å². The topological polar surface area (TPSA) is 94.5 Å². The highest BCUT2D eigenvalue weighted by atomic mass is 16.5. The number of fused-ring (bicyclic) bond motifs is 1. The quantitative estimate of drug-likeness (QED) is 0.537. The van der Waals surface area contributed by atoms with Crippen LogP contribution < -0.4 is 20.1 Å². The van der Waals surface area contributed by atoms with Crippen LogP contribution in [0.4, 0.5) is 5.82 Å². The van der Waals surface area contributed by atoms with Gasteiger partial charge >= 0.3 is 0 Å². The molecule has 1 aliphatic heterocycles. The van der Waals surface area contributed by atoms with Crippen molar-refractivity contribution in [2.45, 2.75) is 46.1 Å². The molecule has 0 saturated carbocycles. The average molecular weight is 477 g/mol. The summed E-state index contributed by atoms with van der Waals surface area (Å²) in [4.78, 5) is 26.6. The summed E-state index contributed by atoms with van der Waals surface area (Å²) < 4.78 is 13.1. The van der Waals surface area contributed by atoms with Crippen molar-refractivity contribution in [1.29, 1.82) is 0 Å². The van der Waals surface area contributed by atoms with Gasteiger partial charge in [-0.05, 0) is 68.1 Å². The second-order valence-electron chi connectivity index (χ2n) is 8.95. The molecule has 8 nitrogen and oxygen atoms in total. The van der Waals surface area contributed by atoms with Crippen molar-refractivity contribution in [2.75, 3.05) is 19.0 Å². The van der Waals surface area contributed by atoms with Crippen LogP contribution in [0.5, 0.6) is 11.5 Å². The van der Waals surface area contributed by atoms with Crippen LogP contribution in [0.2, 0.25) is 0 Å². The number of carbonyl (C=O) groups excluding carboxylic acids is 2. The highest BCUT2D eigenvalue weighted by Gasteiger charge is 2.41. The Labute approximate surface area is 205 Å². The number of nitrogens with zero attached hydrogens (tertiary/aromatic N) is 2. The number of carbonyl (C=O) groups is 2. The predicted molar refractivity (Wildman–Crippen MR) is 134 cm³/mol. The van der Waals surface area contributed by atoms with Gasteiger partial charge in [-0.2, -0.15) is 5.10 Å². The SMILES string of the molecule is CCCOc1cc([C@@H]2c3c(C)nn(C)c3NC(=O)[C@H]2NC(=O)c2ccc(C)c(C)c2)ccc1OC. The molecule has 8 heteroatoms. The van der Waals surface area contributed by atoms with Crippen LogP contribution in [0.25, 0.3) is 0 Å². The Kier molecular flexibility index (Phi) is 6.82. The van der Waals surface area contributed by atoms with Crippen LogP contribution in [0.3, 0.4) is 0 Å². The summed E-state index contributed by atoms with van der Waals surface area (Å²) in [5, 5.41) is 10.5. The number of aromatic nitrogens is 2. The van der Waals surface area contributed by atoms with Gasteiger partial charge in [0.25, 0.3) is 5.91 Å². The summed E-state index contributed by atoms with van der Waals surface area (Å²) >= 11 is 0. The minimum atomic E-state index is -0.841. The molecule has 3 aromatic rings. The molecule has 0 radical (unpaired) electrons. The summed E-state index contributed by atoms with van der Waals surface area (Å²) in [6, 6.07) is 10.3. The molecule has 2 N–H and O–H groups in total. The second-order valence-corrected chi connectivity index (χ2v) is 8.95. The Balaban J connectivity index is 1.79. The molecule has 35 heavy (non-hydrogen) atoms. The third-order valence-corrected chi connectivity index (χ3v) is 6.50. The van der Waals surface area contributed by atoms with Gasteiger partial charge in [-0.15, -0.1) is 0 Å². The maximum atomic E-state index is 13.3. The van der Waals surface area contributed by atoms with Gasteiger partial charge in [0, 0.05) is 24.1 Å². The molecular weight excluding hydrogens is 444 g/mol. The number of benzene rings is 2. The van der Waals surface area contributed by atoms with E-state index in [0.717, 1.165) is 34.4 Å². The number of hydrogen-bond acceptors (Lipinski definition) is 5. The molecule has 2 atom stereocenters. The fourth-order valence-electron chi connectivity index (χ4n) is 4.53. The maximum Gasteiger partial charge on any atom is 0.251 e. The molecule has 1 aromatic heterocycles. The fourth-order valence-corrected chi connectivity index (χ4v) is 4.53. The fraction of sp³-hybridized carbons (Fsp3) is 0.370. The van der Waals surface area contributed by atoms with E-state index < -0.39 is 12.0 Å². The molecule has 184 valence electrons. The Morgan fingerprint density at radius 3 is 2.57 bits per heavy atom. The molecule has 0 unspecified atom stereocenters. The van der Waals surface area contributed by atoms with E-state index in [9.17, 15) is 9.59 Å². The molecular formula is C27H32N4O4. The van der Waals surface area contributed by atoms with Crippen molar-refractivity contribution < 1.29 is 19.1 Å². The van der Waals surface area contributed by atoms with E-state index in [-0.39, 0.29) is 11.8 Å². The van der Waals surface area contributed by atoms with Crippen LogP contribution in [0.1, 0.15) is 57.6 Å². The van der Waals surface area contributed by atoms with Gasteiger partial charge < -0.3 is 20.1 Å². The molecule has 2 amide bonds. The number of rotatable bonds is 7. The first-order chi connectivity index (χ1) is 16.7. The predicted octanol–water partition coefficient (Wildman–Crippen LogP) is 4.03. The normalized spacial score (nSPS) is 16.9. The smallest absolute Gasteiger partial charge is 0.251 e. The van der Waals surface area contributed by atoms with E-state index in [0.29, 0.717) is 29.5 Å². The monoisotopic (exact) mass is 476 g/mol. The van der Waals surface area contributed by atoms with Crippen LogP contribution in [-0.2, 0) is 11.8 Å². The summed E-state index contributed by atoms with van der Waals surface area (Å²) in [5.74, 6) is 0.772. The summed E-state index contributed by atoms with van der Waals surface area (Å²) in [5.41, 5.74) is 5.10. The number of nitrogens with one attached hydrogen (secondary N) is 2. The molecule has 2 heterocycles. The Morgan fingerprint density at radius 1 is 1.11 bits per heavy atom. The zero-order chi connectivity index (χ0) is 25.3. The third-order valence-electron chi connectivity index (χ3n) is 6.50. The zero-order valence-corrected chi connectivity index (χ0v) is 21.1. The lowest BCUT2D eigenvalue weighted by Crippen LogP contribution is -2.50. The van der Waals surface area contributed by atoms with E-state index in [1.165, 1.54) is 0 Å². The highest BCUT2D eigenvalue weighted by molar-refractivity contribution is 6.04. The maximum absolute atomic E-state index is 13.3. The third kappa shape index (κ3) is 4.60. The lowest BCUT2D eigenvalue weighted by atomic mass is 9.81. The van der Waals surface area contributed by atoms with Gasteiger partial charge in [-0.3, -0.25) is 14.3 Å². The molecule has 1 aliphatic rings. The first-order valence-corrected chi connectivity index (χ1v) is 11.8. The van der Waals surface area contributed by atoms with E-state index >= 15 is 0 Å². The van der Waals surface area contributed by atoms with Crippen molar-refractivity contribution in [2.24, 2.45) is 7.05 Å². The van der Waals surface area contributed by atoms with Gasteiger partial charge in [0.1, 0.15) is 11.9 Å². The molecule has 0 saturated heterocycles. The molecule has 0 fully saturated rings. The van der Waals surface area contributed by atoms with E-state index in [4.69, 9.17) is 9.47 Å². The number of aryl methyl sites for hydroxylation is 4. The standard InChI is InChI=1S/C27H32N4O4/c1-7-12-35-21-14-18(10-11-20(21)34-6)23-22-17(4)30-31(5)25(22)29-27(33)24(23)28-26(32)19-9-8-15(2)16(3)13-19/h8-11,13-14,23-24H,7,12H2,1-6H3,(H,28,32)(H,29,33)/t23-,24+/m1/s1. The van der Waals surface area contributed by atoms with Gasteiger partial charge in [0.2, 0.25) is 5.91 Å². The minimum Gasteiger partial charge on any atom is -0.493 e. The van der Waals surface area contributed by atoms with E-state index in [2.05, 4.69) is 15.7 Å². The van der Waals surface area contributed by atoms with Crippen LogP contribution in [-0.4, -0.2) is 41.4 Å². The number of hydrogen-bond donors (Lipinski definition) is 2. The first kappa shape index (κ1) is 24.3. The molecule has 0 bridgehead atoms. The molecule has 0 spiro atoms.